The van der Waals surface area contributed by atoms with Gasteiger partial charge >= 0.3 is 5.97 Å². The van der Waals surface area contributed by atoms with Gasteiger partial charge in [0.15, 0.2) is 0 Å². The van der Waals surface area contributed by atoms with Gasteiger partial charge in [-0.05, 0) is 6.42 Å². The molecule has 0 radical (unpaired) electrons. The summed E-state index contributed by atoms with van der Waals surface area (Å²) in [5.74, 6) is -1.09. The molecule has 0 aromatic rings. The summed E-state index contributed by atoms with van der Waals surface area (Å²) in [6.45, 7) is 9.37. The molecular formula is C21H50N8O4. The van der Waals surface area contributed by atoms with E-state index in [4.69, 9.17) is 5.11 Å². The van der Waals surface area contributed by atoms with Crippen LogP contribution < -0.4 is 42.5 Å². The first-order valence-electron chi connectivity index (χ1n) is 11.9. The fraction of sp³-hybridized carbons (Fsp3) is 0.857. The van der Waals surface area contributed by atoms with Crippen molar-refractivity contribution in [3.63, 3.8) is 0 Å². The average molecular weight is 479 g/mol. The summed E-state index contributed by atoms with van der Waals surface area (Å²) in [4.78, 5) is 35.3. The second kappa shape index (κ2) is 14.4. The van der Waals surface area contributed by atoms with Crippen LogP contribution in [0.15, 0.2) is 0 Å². The molecule has 2 amide bonds. The summed E-state index contributed by atoms with van der Waals surface area (Å²) in [5.41, 5.74) is -0.984. The van der Waals surface area contributed by atoms with Crippen molar-refractivity contribution in [2.24, 2.45) is 0 Å². The van der Waals surface area contributed by atoms with Crippen molar-refractivity contribution >= 4 is 17.8 Å². The summed E-state index contributed by atoms with van der Waals surface area (Å²) in [6, 6.07) is 0. The second-order valence-corrected chi connectivity index (χ2v) is 9.10. The molecule has 33 heavy (non-hydrogen) atoms. The van der Waals surface area contributed by atoms with Crippen molar-refractivity contribution in [2.45, 2.75) is 37.3 Å². The summed E-state index contributed by atoms with van der Waals surface area (Å²) in [6.07, 6.45) is 0.488. The van der Waals surface area contributed by atoms with Crippen molar-refractivity contribution in [1.29, 1.82) is 0 Å². The van der Waals surface area contributed by atoms with Gasteiger partial charge in [0.2, 0.25) is 11.8 Å². The van der Waals surface area contributed by atoms with Crippen LogP contribution in [0.1, 0.15) is 31.9 Å². The number of rotatable bonds is 6. The van der Waals surface area contributed by atoms with Gasteiger partial charge in [-0.2, -0.15) is 0 Å². The molecule has 0 aromatic carbocycles. The third kappa shape index (κ3) is 10.8. The predicted molar refractivity (Wildman–Crippen MR) is 135 cm³/mol. The number of carbonyl (C=O) groups is 3. The minimum absolute atomic E-state index is 0. The fourth-order valence-corrected chi connectivity index (χ4v) is 4.27. The Labute approximate surface area is 202 Å². The molecule has 0 atom stereocenters. The molecule has 2 bridgehead atoms. The molecule has 3 aliphatic heterocycles. The summed E-state index contributed by atoms with van der Waals surface area (Å²) in [7, 11) is 0. The summed E-state index contributed by atoms with van der Waals surface area (Å²) < 4.78 is 0. The number of nitrogens with one attached hydrogen (secondary N) is 8. The average Bonchev–Trinajstić information content (AvgIpc) is 2.74. The van der Waals surface area contributed by atoms with Gasteiger partial charge in [-0.25, -0.2) is 0 Å². The van der Waals surface area contributed by atoms with Crippen molar-refractivity contribution in [1.82, 2.24) is 42.5 Å². The molecule has 3 heterocycles. The fourth-order valence-electron chi connectivity index (χ4n) is 4.27. The SMILES string of the molecule is CC(=O)NC12CNCCNCC(NC(=O)CCCC(=O)O)(CNCCNC1)CNCCNC2.[HH].[HH].[HH].[HH]. The minimum atomic E-state index is -0.892. The van der Waals surface area contributed by atoms with E-state index in [0.29, 0.717) is 85.0 Å². The van der Waals surface area contributed by atoms with Gasteiger partial charge in [0, 0.05) is 104 Å². The molecule has 12 heteroatoms. The highest BCUT2D eigenvalue weighted by atomic mass is 16.4. The molecule has 0 unspecified atom stereocenters. The zero-order chi connectivity index (χ0) is 24.0. The number of carboxylic acid groups (broad SMARTS) is 1. The normalized spacial score (nSPS) is 28.3. The lowest BCUT2D eigenvalue weighted by Crippen LogP contribution is -2.68. The lowest BCUT2D eigenvalue weighted by atomic mass is 9.97. The van der Waals surface area contributed by atoms with E-state index in [2.05, 4.69) is 42.5 Å². The maximum Gasteiger partial charge on any atom is 0.303 e. The van der Waals surface area contributed by atoms with E-state index in [1.807, 2.05) is 0 Å². The lowest BCUT2D eigenvalue weighted by Gasteiger charge is -2.38. The molecule has 12 nitrogen and oxygen atoms in total. The smallest absolute Gasteiger partial charge is 0.303 e. The van der Waals surface area contributed by atoms with Gasteiger partial charge in [0.05, 0.1) is 11.1 Å². The maximum absolute atomic E-state index is 12.6. The van der Waals surface area contributed by atoms with E-state index in [1.54, 1.807) is 6.92 Å². The molecule has 3 fully saturated rings. The molecule has 3 saturated heterocycles. The Morgan fingerprint density at radius 1 is 0.697 bits per heavy atom. The van der Waals surface area contributed by atoms with Crippen LogP contribution >= 0.6 is 0 Å². The standard InChI is InChI=1S/C21H42N8O4.4H2/c1-17(30)28-20-11-22-5-8-25-14-21(15-26-9-6-23-12-20,16-27-10-7-24-13-20)29-18(31)3-2-4-19(32)33;;;;/h22-27H,2-16H2,1H3,(H,28,30)(H,29,31)(H,32,33);4*1H. The Kier molecular flexibility index (Phi) is 12.0. The van der Waals surface area contributed by atoms with Gasteiger partial charge in [0.25, 0.3) is 0 Å². The molecule has 3 rings (SSSR count). The highest BCUT2D eigenvalue weighted by molar-refractivity contribution is 5.77. The van der Waals surface area contributed by atoms with Crippen molar-refractivity contribution in [3.05, 3.63) is 0 Å². The van der Waals surface area contributed by atoms with Gasteiger partial charge in [-0.3, -0.25) is 14.4 Å². The van der Waals surface area contributed by atoms with Crippen LogP contribution in [0, 0.1) is 0 Å². The molecule has 0 saturated carbocycles. The van der Waals surface area contributed by atoms with Crippen molar-refractivity contribution in [2.75, 3.05) is 78.5 Å². The van der Waals surface area contributed by atoms with Crippen LogP contribution in [0.3, 0.4) is 0 Å². The number of fused-ring (bicyclic) bond motifs is 15. The van der Waals surface area contributed by atoms with Crippen LogP contribution in [-0.4, -0.2) is 113 Å². The molecule has 0 aromatic heterocycles. The first-order chi connectivity index (χ1) is 15.8. The number of hydrogen-bond acceptors (Lipinski definition) is 9. The number of aliphatic carboxylic acids is 1. The lowest BCUT2D eigenvalue weighted by molar-refractivity contribution is -0.137. The second-order valence-electron chi connectivity index (χ2n) is 9.10. The van der Waals surface area contributed by atoms with E-state index in [0.717, 1.165) is 0 Å². The van der Waals surface area contributed by atoms with E-state index >= 15 is 0 Å². The topological polar surface area (TPSA) is 168 Å². The zero-order valence-corrected chi connectivity index (χ0v) is 19.8. The molecular weight excluding hydrogens is 428 g/mol. The predicted octanol–water partition coefficient (Wildman–Crippen LogP) is -2.48. The Balaban J connectivity index is -0.00000289. The minimum Gasteiger partial charge on any atom is -0.481 e. The zero-order valence-electron chi connectivity index (χ0n) is 19.8. The quantitative estimate of drug-likeness (QED) is 0.199. The van der Waals surface area contributed by atoms with Gasteiger partial charge in [-0.15, -0.1) is 0 Å². The summed E-state index contributed by atoms with van der Waals surface area (Å²) in [5, 5.41) is 35.9. The maximum atomic E-state index is 12.6. The van der Waals surface area contributed by atoms with E-state index in [-0.39, 0.29) is 30.4 Å². The van der Waals surface area contributed by atoms with Gasteiger partial charge in [0.1, 0.15) is 0 Å². The molecule has 9 N–H and O–H groups in total. The Morgan fingerprint density at radius 2 is 1.06 bits per heavy atom. The molecule has 0 spiro atoms. The van der Waals surface area contributed by atoms with Crippen LogP contribution in [-0.2, 0) is 14.4 Å². The van der Waals surface area contributed by atoms with Crippen LogP contribution in [0.2, 0.25) is 0 Å². The summed E-state index contributed by atoms with van der Waals surface area (Å²) >= 11 is 0. The molecule has 3 aliphatic rings. The molecule has 198 valence electrons. The largest absolute Gasteiger partial charge is 0.481 e. The van der Waals surface area contributed by atoms with E-state index < -0.39 is 17.0 Å². The molecule has 0 aliphatic carbocycles. The van der Waals surface area contributed by atoms with E-state index in [9.17, 15) is 14.4 Å². The number of carbonyl (C=O) groups excluding carboxylic acids is 2. The number of carboxylic acids is 1. The first-order valence-corrected chi connectivity index (χ1v) is 11.9. The van der Waals surface area contributed by atoms with Gasteiger partial charge in [-0.1, -0.05) is 0 Å². The van der Waals surface area contributed by atoms with Crippen LogP contribution in [0.25, 0.3) is 0 Å². The Hall–Kier alpha value is -1.83. The Bertz CT molecular complexity index is 608. The van der Waals surface area contributed by atoms with E-state index in [1.165, 1.54) is 0 Å². The Morgan fingerprint density at radius 3 is 1.39 bits per heavy atom. The van der Waals surface area contributed by atoms with Gasteiger partial charge < -0.3 is 47.6 Å². The number of amides is 2. The third-order valence-electron chi connectivity index (χ3n) is 5.86. The van der Waals surface area contributed by atoms with Crippen LogP contribution in [0.5, 0.6) is 0 Å². The number of hydrogen-bond donors (Lipinski definition) is 9. The highest BCUT2D eigenvalue weighted by Gasteiger charge is 2.33. The first kappa shape index (κ1) is 27.4. The third-order valence-corrected chi connectivity index (χ3v) is 5.86. The highest BCUT2D eigenvalue weighted by Crippen LogP contribution is 2.06. The van der Waals surface area contributed by atoms with Crippen molar-refractivity contribution in [3.8, 4) is 0 Å². The monoisotopic (exact) mass is 478 g/mol. The van der Waals surface area contributed by atoms with Crippen molar-refractivity contribution < 1.29 is 25.2 Å². The van der Waals surface area contributed by atoms with Crippen LogP contribution in [0.4, 0.5) is 0 Å².